The van der Waals surface area contributed by atoms with E-state index in [0.29, 0.717) is 6.54 Å². The molecule has 4 nitrogen and oxygen atoms in total. The maximum Gasteiger partial charge on any atom is 0.227 e. The maximum atomic E-state index is 12.4. The number of nitrogens with zero attached hydrogens (tertiary/aromatic N) is 2. The fourth-order valence-corrected chi connectivity index (χ4v) is 2.95. The average Bonchev–Trinajstić information content (AvgIpc) is 2.98. The van der Waals surface area contributed by atoms with Gasteiger partial charge in [0.2, 0.25) is 5.91 Å². The number of pyridine rings is 1. The monoisotopic (exact) mass is 321 g/mol. The molecule has 124 valence electrons. The van der Waals surface area contributed by atoms with Gasteiger partial charge in [-0.2, -0.15) is 0 Å². The highest BCUT2D eigenvalue weighted by molar-refractivity contribution is 5.83. The van der Waals surface area contributed by atoms with Gasteiger partial charge in [0, 0.05) is 25.4 Å². The van der Waals surface area contributed by atoms with Crippen LogP contribution in [0.25, 0.3) is 5.65 Å². The van der Waals surface area contributed by atoms with Crippen molar-refractivity contribution in [3.05, 3.63) is 71.7 Å². The minimum absolute atomic E-state index is 0.0864. The molecule has 1 amide bonds. The molecule has 2 heterocycles. The first kappa shape index (κ1) is 16.2. The van der Waals surface area contributed by atoms with E-state index in [9.17, 15) is 4.79 Å². The van der Waals surface area contributed by atoms with Gasteiger partial charge in [0.25, 0.3) is 0 Å². The lowest BCUT2D eigenvalue weighted by atomic mass is 9.96. The third-order valence-electron chi connectivity index (χ3n) is 4.27. The molecule has 3 aromatic rings. The molecule has 0 saturated carbocycles. The molecule has 0 spiro atoms. The Kier molecular flexibility index (Phi) is 4.94. The van der Waals surface area contributed by atoms with E-state index >= 15 is 0 Å². The second kappa shape index (κ2) is 7.30. The van der Waals surface area contributed by atoms with E-state index in [1.54, 1.807) is 0 Å². The Bertz CT molecular complexity index is 823. The Labute approximate surface area is 142 Å². The zero-order valence-electron chi connectivity index (χ0n) is 14.2. The van der Waals surface area contributed by atoms with E-state index in [0.717, 1.165) is 29.7 Å². The lowest BCUT2D eigenvalue weighted by Crippen LogP contribution is -2.30. The summed E-state index contributed by atoms with van der Waals surface area (Å²) in [4.78, 5) is 17.1. The maximum absolute atomic E-state index is 12.4. The summed E-state index contributed by atoms with van der Waals surface area (Å²) in [5.41, 5.74) is 4.21. The molecule has 0 aliphatic heterocycles. The number of amides is 1. The number of carbonyl (C=O) groups is 1. The summed E-state index contributed by atoms with van der Waals surface area (Å²) in [5, 5.41) is 3.05. The molecule has 1 aromatic carbocycles. The Morgan fingerprint density at radius 2 is 2.04 bits per heavy atom. The fourth-order valence-electron chi connectivity index (χ4n) is 2.95. The van der Waals surface area contributed by atoms with Crippen molar-refractivity contribution in [3.63, 3.8) is 0 Å². The van der Waals surface area contributed by atoms with E-state index < -0.39 is 0 Å². The van der Waals surface area contributed by atoms with Crippen LogP contribution >= 0.6 is 0 Å². The Morgan fingerprint density at radius 3 is 2.79 bits per heavy atom. The second-order valence-corrected chi connectivity index (χ2v) is 6.11. The van der Waals surface area contributed by atoms with Crippen molar-refractivity contribution < 1.29 is 4.79 Å². The number of fused-ring (bicyclic) bond motifs is 1. The van der Waals surface area contributed by atoms with Crippen molar-refractivity contribution in [1.29, 1.82) is 0 Å². The van der Waals surface area contributed by atoms with Crippen molar-refractivity contribution >= 4 is 11.6 Å². The lowest BCUT2D eigenvalue weighted by molar-refractivity contribution is -0.122. The number of hydrogen-bond donors (Lipinski definition) is 1. The van der Waals surface area contributed by atoms with Gasteiger partial charge in [-0.1, -0.05) is 37.3 Å². The zero-order valence-corrected chi connectivity index (χ0v) is 14.2. The number of nitrogens with one attached hydrogen (secondary N) is 1. The number of carbonyl (C=O) groups excluding carboxylic acids is 1. The van der Waals surface area contributed by atoms with Crippen LogP contribution in [0.1, 0.15) is 36.1 Å². The van der Waals surface area contributed by atoms with Crippen LogP contribution in [-0.4, -0.2) is 21.8 Å². The van der Waals surface area contributed by atoms with Crippen molar-refractivity contribution in [1.82, 2.24) is 14.7 Å². The summed E-state index contributed by atoms with van der Waals surface area (Å²) < 4.78 is 2.02. The molecule has 4 heteroatoms. The highest BCUT2D eigenvalue weighted by Gasteiger charge is 2.17. The van der Waals surface area contributed by atoms with Gasteiger partial charge in [-0.3, -0.25) is 4.79 Å². The Hall–Kier alpha value is -2.62. The van der Waals surface area contributed by atoms with Crippen LogP contribution in [-0.2, 0) is 11.2 Å². The van der Waals surface area contributed by atoms with E-state index in [1.165, 1.54) is 5.56 Å². The second-order valence-electron chi connectivity index (χ2n) is 6.11. The average molecular weight is 321 g/mol. The van der Waals surface area contributed by atoms with Crippen LogP contribution in [0.2, 0.25) is 0 Å². The minimum Gasteiger partial charge on any atom is -0.355 e. The molecular formula is C20H23N3O. The van der Waals surface area contributed by atoms with Gasteiger partial charge in [-0.05, 0) is 36.6 Å². The van der Waals surface area contributed by atoms with Crippen LogP contribution in [0.5, 0.6) is 0 Å². The number of benzene rings is 1. The van der Waals surface area contributed by atoms with Crippen LogP contribution in [0, 0.1) is 6.92 Å². The number of hydrogen-bond acceptors (Lipinski definition) is 2. The van der Waals surface area contributed by atoms with Crippen LogP contribution < -0.4 is 5.32 Å². The van der Waals surface area contributed by atoms with E-state index in [2.05, 4.69) is 29.4 Å². The molecule has 0 bridgehead atoms. The van der Waals surface area contributed by atoms with E-state index in [1.807, 2.05) is 54.0 Å². The zero-order chi connectivity index (χ0) is 16.9. The Morgan fingerprint density at radius 1 is 1.25 bits per heavy atom. The molecule has 3 rings (SSSR count). The number of imidazole rings is 1. The van der Waals surface area contributed by atoms with Gasteiger partial charge in [0.1, 0.15) is 5.65 Å². The third kappa shape index (κ3) is 3.65. The van der Waals surface area contributed by atoms with Crippen LogP contribution in [0.15, 0.2) is 54.9 Å². The highest BCUT2D eigenvalue weighted by Crippen LogP contribution is 2.19. The summed E-state index contributed by atoms with van der Waals surface area (Å²) in [6.07, 6.45) is 5.57. The molecule has 0 saturated heterocycles. The predicted octanol–water partition coefficient (Wildman–Crippen LogP) is 3.50. The molecule has 2 aromatic heterocycles. The largest absolute Gasteiger partial charge is 0.355 e. The molecule has 0 aliphatic carbocycles. The van der Waals surface area contributed by atoms with Crippen molar-refractivity contribution in [2.75, 3.05) is 6.54 Å². The molecule has 1 N–H and O–H groups in total. The van der Waals surface area contributed by atoms with Crippen molar-refractivity contribution in [3.8, 4) is 0 Å². The van der Waals surface area contributed by atoms with Gasteiger partial charge >= 0.3 is 0 Å². The molecule has 24 heavy (non-hydrogen) atoms. The van der Waals surface area contributed by atoms with Gasteiger partial charge in [-0.25, -0.2) is 4.98 Å². The smallest absolute Gasteiger partial charge is 0.227 e. The van der Waals surface area contributed by atoms with E-state index in [4.69, 9.17) is 0 Å². The molecule has 0 aliphatic rings. The summed E-state index contributed by atoms with van der Waals surface area (Å²) in [5.74, 6) is -0.00164. The number of rotatable bonds is 6. The van der Waals surface area contributed by atoms with Gasteiger partial charge in [-0.15, -0.1) is 0 Å². The third-order valence-corrected chi connectivity index (χ3v) is 4.27. The van der Waals surface area contributed by atoms with Gasteiger partial charge < -0.3 is 9.72 Å². The molecular weight excluding hydrogens is 298 g/mol. The van der Waals surface area contributed by atoms with Crippen LogP contribution in [0.4, 0.5) is 0 Å². The quantitative estimate of drug-likeness (QED) is 0.755. The summed E-state index contributed by atoms with van der Waals surface area (Å²) in [6, 6.07) is 14.1. The number of aryl methyl sites for hydroxylation is 1. The summed E-state index contributed by atoms with van der Waals surface area (Å²) in [6.45, 7) is 4.70. The highest BCUT2D eigenvalue weighted by atomic mass is 16.1. The van der Waals surface area contributed by atoms with Gasteiger partial charge in [0.15, 0.2) is 0 Å². The lowest BCUT2D eigenvalue weighted by Gasteiger charge is -2.15. The fraction of sp³-hybridized carbons (Fsp3) is 0.300. The SMILES string of the molecule is CC[C@@H](C(=O)NCCc1cn2ccc(C)cc2n1)c1ccccc1. The first-order chi connectivity index (χ1) is 11.7. The first-order valence-electron chi connectivity index (χ1n) is 8.44. The molecule has 0 fully saturated rings. The molecule has 0 unspecified atom stereocenters. The first-order valence-corrected chi connectivity index (χ1v) is 8.44. The molecule has 0 radical (unpaired) electrons. The van der Waals surface area contributed by atoms with E-state index in [-0.39, 0.29) is 11.8 Å². The summed E-state index contributed by atoms with van der Waals surface area (Å²) >= 11 is 0. The normalized spacial score (nSPS) is 12.2. The topological polar surface area (TPSA) is 46.4 Å². The van der Waals surface area contributed by atoms with Crippen molar-refractivity contribution in [2.45, 2.75) is 32.6 Å². The molecule has 1 atom stereocenters. The number of aromatic nitrogens is 2. The summed E-state index contributed by atoms with van der Waals surface area (Å²) in [7, 11) is 0. The van der Waals surface area contributed by atoms with Crippen LogP contribution in [0.3, 0.4) is 0 Å². The standard InChI is InChI=1S/C20H23N3O/c1-3-18(16-7-5-4-6-8-16)20(24)21-11-9-17-14-23-12-10-15(2)13-19(23)22-17/h4-8,10,12-14,18H,3,9,11H2,1-2H3,(H,21,24)/t18-/m1/s1. The minimum atomic E-state index is -0.0880. The van der Waals surface area contributed by atoms with Crippen molar-refractivity contribution in [2.24, 2.45) is 0 Å². The van der Waals surface area contributed by atoms with Gasteiger partial charge in [0.05, 0.1) is 11.6 Å². The predicted molar refractivity (Wildman–Crippen MR) is 96.1 cm³/mol. The Balaban J connectivity index is 1.59.